The molecule has 1 heterocycles. The van der Waals surface area contributed by atoms with Gasteiger partial charge in [-0.1, -0.05) is 13.8 Å². The van der Waals surface area contributed by atoms with Gasteiger partial charge < -0.3 is 20.5 Å². The second kappa shape index (κ2) is 9.18. The third-order valence-corrected chi connectivity index (χ3v) is 2.86. The number of carbonyl (C=O) groups excluding carboxylic acids is 1. The SMILES string of the molecule is CCOC(=O)c1ccnc(NCCOCCC(C)C)c1N. The van der Waals surface area contributed by atoms with Crippen molar-refractivity contribution in [2.24, 2.45) is 5.92 Å². The highest BCUT2D eigenvalue weighted by atomic mass is 16.5. The van der Waals surface area contributed by atoms with E-state index in [4.69, 9.17) is 15.2 Å². The molecule has 6 heteroatoms. The van der Waals surface area contributed by atoms with E-state index in [1.54, 1.807) is 13.0 Å². The van der Waals surface area contributed by atoms with Crippen LogP contribution in [-0.2, 0) is 9.47 Å². The number of hydrogen-bond acceptors (Lipinski definition) is 6. The Morgan fingerprint density at radius 2 is 2.19 bits per heavy atom. The lowest BCUT2D eigenvalue weighted by Gasteiger charge is -2.11. The van der Waals surface area contributed by atoms with Crippen LogP contribution < -0.4 is 11.1 Å². The van der Waals surface area contributed by atoms with E-state index in [0.29, 0.717) is 42.7 Å². The highest BCUT2D eigenvalue weighted by Crippen LogP contribution is 2.20. The monoisotopic (exact) mass is 295 g/mol. The van der Waals surface area contributed by atoms with Gasteiger partial charge in [0.25, 0.3) is 0 Å². The maximum Gasteiger partial charge on any atom is 0.340 e. The minimum atomic E-state index is -0.436. The number of pyridine rings is 1. The minimum absolute atomic E-state index is 0.304. The van der Waals surface area contributed by atoms with Crippen LogP contribution in [0.2, 0.25) is 0 Å². The summed E-state index contributed by atoms with van der Waals surface area (Å²) < 4.78 is 10.4. The van der Waals surface area contributed by atoms with Crippen LogP contribution in [-0.4, -0.2) is 37.3 Å². The average molecular weight is 295 g/mol. The summed E-state index contributed by atoms with van der Waals surface area (Å²) >= 11 is 0. The van der Waals surface area contributed by atoms with Crippen molar-refractivity contribution in [2.75, 3.05) is 37.4 Å². The van der Waals surface area contributed by atoms with Crippen molar-refractivity contribution in [2.45, 2.75) is 27.2 Å². The lowest BCUT2D eigenvalue weighted by molar-refractivity contribution is 0.0527. The van der Waals surface area contributed by atoms with Gasteiger partial charge in [-0.15, -0.1) is 0 Å². The fourth-order valence-corrected chi connectivity index (χ4v) is 1.66. The number of rotatable bonds is 9. The van der Waals surface area contributed by atoms with Crippen LogP contribution >= 0.6 is 0 Å². The van der Waals surface area contributed by atoms with Crippen molar-refractivity contribution in [3.8, 4) is 0 Å². The molecule has 0 fully saturated rings. The lowest BCUT2D eigenvalue weighted by atomic mass is 10.1. The van der Waals surface area contributed by atoms with E-state index < -0.39 is 5.97 Å². The minimum Gasteiger partial charge on any atom is -0.462 e. The molecule has 0 spiro atoms. The van der Waals surface area contributed by atoms with E-state index in [9.17, 15) is 4.79 Å². The van der Waals surface area contributed by atoms with Gasteiger partial charge in [0.05, 0.1) is 24.5 Å². The van der Waals surface area contributed by atoms with Crippen LogP contribution in [0.15, 0.2) is 12.3 Å². The third-order valence-electron chi connectivity index (χ3n) is 2.86. The van der Waals surface area contributed by atoms with Gasteiger partial charge in [0.15, 0.2) is 0 Å². The average Bonchev–Trinajstić information content (AvgIpc) is 2.44. The Labute approximate surface area is 126 Å². The summed E-state index contributed by atoms with van der Waals surface area (Å²) in [7, 11) is 0. The maximum atomic E-state index is 11.7. The molecule has 0 unspecified atom stereocenters. The van der Waals surface area contributed by atoms with E-state index in [-0.39, 0.29) is 0 Å². The Morgan fingerprint density at radius 3 is 2.86 bits per heavy atom. The van der Waals surface area contributed by atoms with Crippen molar-refractivity contribution >= 4 is 17.5 Å². The van der Waals surface area contributed by atoms with E-state index in [0.717, 1.165) is 13.0 Å². The highest BCUT2D eigenvalue weighted by molar-refractivity contribution is 5.97. The van der Waals surface area contributed by atoms with Crippen molar-refractivity contribution < 1.29 is 14.3 Å². The van der Waals surface area contributed by atoms with E-state index in [1.807, 2.05) is 0 Å². The van der Waals surface area contributed by atoms with Gasteiger partial charge in [-0.05, 0) is 25.3 Å². The number of ether oxygens (including phenoxy) is 2. The summed E-state index contributed by atoms with van der Waals surface area (Å²) in [4.78, 5) is 15.8. The number of hydrogen-bond donors (Lipinski definition) is 2. The van der Waals surface area contributed by atoms with Gasteiger partial charge in [0, 0.05) is 19.3 Å². The van der Waals surface area contributed by atoms with Gasteiger partial charge in [-0.2, -0.15) is 0 Å². The quantitative estimate of drug-likeness (QED) is 0.537. The number of anilines is 2. The fraction of sp³-hybridized carbons (Fsp3) is 0.600. The summed E-state index contributed by atoms with van der Waals surface area (Å²) in [5.74, 6) is 0.679. The van der Waals surface area contributed by atoms with Crippen LogP contribution in [0.1, 0.15) is 37.6 Å². The Hall–Kier alpha value is -1.82. The second-order valence-electron chi connectivity index (χ2n) is 5.06. The number of carbonyl (C=O) groups is 1. The zero-order valence-electron chi connectivity index (χ0n) is 13.0. The molecule has 21 heavy (non-hydrogen) atoms. The predicted molar refractivity (Wildman–Crippen MR) is 83.4 cm³/mol. The molecule has 0 saturated carbocycles. The predicted octanol–water partition coefficient (Wildman–Crippen LogP) is 2.32. The molecule has 1 aromatic rings. The molecule has 0 atom stereocenters. The van der Waals surface area contributed by atoms with Crippen LogP contribution in [0.25, 0.3) is 0 Å². The number of nitrogens with one attached hydrogen (secondary N) is 1. The molecular weight excluding hydrogens is 270 g/mol. The number of nitrogens with two attached hydrogens (primary N) is 1. The first-order chi connectivity index (χ1) is 10.1. The first-order valence-electron chi connectivity index (χ1n) is 7.29. The molecule has 0 amide bonds. The number of aromatic nitrogens is 1. The van der Waals surface area contributed by atoms with Gasteiger partial charge in [0.1, 0.15) is 5.82 Å². The first kappa shape index (κ1) is 17.2. The molecular formula is C15H25N3O3. The van der Waals surface area contributed by atoms with Gasteiger partial charge in [-0.3, -0.25) is 0 Å². The molecule has 118 valence electrons. The maximum absolute atomic E-state index is 11.7. The summed E-state index contributed by atoms with van der Waals surface area (Å²) in [6, 6.07) is 1.55. The summed E-state index contributed by atoms with van der Waals surface area (Å²) in [6.45, 7) is 8.28. The zero-order chi connectivity index (χ0) is 15.7. The molecule has 0 aromatic carbocycles. The van der Waals surface area contributed by atoms with E-state index in [2.05, 4.69) is 24.1 Å². The van der Waals surface area contributed by atoms with Crippen LogP contribution in [0.3, 0.4) is 0 Å². The Kier molecular flexibility index (Phi) is 7.53. The molecule has 0 bridgehead atoms. The molecule has 3 N–H and O–H groups in total. The van der Waals surface area contributed by atoms with Crippen LogP contribution in [0.5, 0.6) is 0 Å². The second-order valence-corrected chi connectivity index (χ2v) is 5.06. The van der Waals surface area contributed by atoms with E-state index >= 15 is 0 Å². The topological polar surface area (TPSA) is 86.5 Å². The molecule has 0 aliphatic heterocycles. The lowest BCUT2D eigenvalue weighted by Crippen LogP contribution is -2.15. The largest absolute Gasteiger partial charge is 0.462 e. The zero-order valence-corrected chi connectivity index (χ0v) is 13.0. The summed E-state index contributed by atoms with van der Waals surface area (Å²) in [5, 5.41) is 3.07. The Balaban J connectivity index is 2.45. The van der Waals surface area contributed by atoms with Gasteiger partial charge in [0.2, 0.25) is 0 Å². The van der Waals surface area contributed by atoms with Crippen LogP contribution in [0, 0.1) is 5.92 Å². The third kappa shape index (κ3) is 5.99. The Bertz CT molecular complexity index is 450. The van der Waals surface area contributed by atoms with Crippen LogP contribution in [0.4, 0.5) is 11.5 Å². The molecule has 1 aromatic heterocycles. The van der Waals surface area contributed by atoms with Crippen molar-refractivity contribution in [1.82, 2.24) is 4.98 Å². The normalized spacial score (nSPS) is 10.7. The summed E-state index contributed by atoms with van der Waals surface area (Å²) in [5.41, 5.74) is 6.56. The standard InChI is InChI=1S/C15H25N3O3/c1-4-21-15(19)12-5-7-17-14(13(12)16)18-8-10-20-9-6-11(2)3/h5,7,11H,4,6,8-10,16H2,1-3H3,(H,17,18). The number of nitrogens with zero attached hydrogens (tertiary/aromatic N) is 1. The van der Waals surface area contributed by atoms with E-state index in [1.165, 1.54) is 6.20 Å². The van der Waals surface area contributed by atoms with Gasteiger partial charge >= 0.3 is 5.97 Å². The highest BCUT2D eigenvalue weighted by Gasteiger charge is 2.14. The molecule has 0 radical (unpaired) electrons. The smallest absolute Gasteiger partial charge is 0.340 e. The molecule has 0 aliphatic carbocycles. The summed E-state index contributed by atoms with van der Waals surface area (Å²) in [6.07, 6.45) is 2.57. The number of nitrogen functional groups attached to an aromatic ring is 1. The van der Waals surface area contributed by atoms with Gasteiger partial charge in [-0.25, -0.2) is 9.78 Å². The molecule has 6 nitrogen and oxygen atoms in total. The fourth-order valence-electron chi connectivity index (χ4n) is 1.66. The van der Waals surface area contributed by atoms with Crippen molar-refractivity contribution in [3.63, 3.8) is 0 Å². The molecule has 0 aliphatic rings. The molecule has 0 saturated heterocycles. The number of esters is 1. The van der Waals surface area contributed by atoms with Crippen molar-refractivity contribution in [1.29, 1.82) is 0 Å². The Morgan fingerprint density at radius 1 is 1.43 bits per heavy atom. The molecule has 1 rings (SSSR count). The van der Waals surface area contributed by atoms with Crippen molar-refractivity contribution in [3.05, 3.63) is 17.8 Å². The first-order valence-corrected chi connectivity index (χ1v) is 7.29.